The van der Waals surface area contributed by atoms with E-state index in [1.54, 1.807) is 26.2 Å². The van der Waals surface area contributed by atoms with Gasteiger partial charge in [0.25, 0.3) is 0 Å². The van der Waals surface area contributed by atoms with Crippen molar-refractivity contribution >= 4 is 24.0 Å². The molecule has 2 heterocycles. The van der Waals surface area contributed by atoms with Crippen LogP contribution in [0.15, 0.2) is 60.9 Å². The lowest BCUT2D eigenvalue weighted by Crippen LogP contribution is -2.54. The molecule has 16 heteroatoms. The number of nitrogens with one attached hydrogen (secondary N) is 6. The van der Waals surface area contributed by atoms with Gasteiger partial charge in [-0.2, -0.15) is 0 Å². The Kier molecular flexibility index (Phi) is 15.1. The maximum atomic E-state index is 13.3. The minimum absolute atomic E-state index is 0.0228. The first-order chi connectivity index (χ1) is 26.7. The summed E-state index contributed by atoms with van der Waals surface area (Å²) in [5, 5.41) is 11.1. The summed E-state index contributed by atoms with van der Waals surface area (Å²) in [6.45, 7) is 11.3. The molecule has 0 bridgehead atoms. The van der Waals surface area contributed by atoms with E-state index in [2.05, 4.69) is 41.2 Å². The average molecular weight is 775 g/mol. The van der Waals surface area contributed by atoms with Gasteiger partial charge in [-0.25, -0.2) is 19.6 Å². The highest BCUT2D eigenvalue weighted by Gasteiger charge is 2.33. The van der Waals surface area contributed by atoms with Crippen molar-refractivity contribution in [3.63, 3.8) is 0 Å². The molecule has 56 heavy (non-hydrogen) atoms. The first-order valence-corrected chi connectivity index (χ1v) is 18.4. The highest BCUT2D eigenvalue weighted by Crippen LogP contribution is 2.29. The van der Waals surface area contributed by atoms with Crippen LogP contribution in [-0.2, 0) is 28.5 Å². The fourth-order valence-electron chi connectivity index (χ4n) is 5.99. The number of carbonyl (C=O) groups excluding carboxylic acids is 4. The van der Waals surface area contributed by atoms with Gasteiger partial charge in [0.2, 0.25) is 11.8 Å². The number of imidazole rings is 2. The molecule has 16 nitrogen and oxygen atoms in total. The van der Waals surface area contributed by atoms with Gasteiger partial charge in [0, 0.05) is 14.2 Å². The van der Waals surface area contributed by atoms with Crippen LogP contribution in [0.3, 0.4) is 0 Å². The molecule has 0 unspecified atom stereocenters. The van der Waals surface area contributed by atoms with E-state index in [9.17, 15) is 19.2 Å². The van der Waals surface area contributed by atoms with Gasteiger partial charge < -0.3 is 50.2 Å². The van der Waals surface area contributed by atoms with Crippen LogP contribution in [0.2, 0.25) is 0 Å². The van der Waals surface area contributed by atoms with Crippen LogP contribution in [-0.4, -0.2) is 96.7 Å². The number of methoxy groups -OCH3 is 4. The van der Waals surface area contributed by atoms with Gasteiger partial charge in [0.1, 0.15) is 23.7 Å². The van der Waals surface area contributed by atoms with Crippen molar-refractivity contribution in [1.82, 2.24) is 41.2 Å². The van der Waals surface area contributed by atoms with E-state index in [1.807, 2.05) is 76.2 Å². The third-order valence-corrected chi connectivity index (χ3v) is 9.60. The summed E-state index contributed by atoms with van der Waals surface area (Å²) in [4.78, 5) is 66.2. The van der Waals surface area contributed by atoms with E-state index in [0.29, 0.717) is 11.6 Å². The smallest absolute Gasteiger partial charge is 0.407 e. The molecule has 0 spiro atoms. The molecule has 6 atom stereocenters. The molecule has 0 fully saturated rings. The number of rotatable bonds is 17. The normalized spacial score (nSPS) is 14.6. The molecule has 4 aromatic rings. The molecular formula is C40H54N8O8. The van der Waals surface area contributed by atoms with Gasteiger partial charge in [-0.1, -0.05) is 76.2 Å². The molecule has 0 aliphatic heterocycles. The number of alkyl carbamates (subject to hydrolysis) is 2. The second-order valence-electron chi connectivity index (χ2n) is 14.1. The van der Waals surface area contributed by atoms with Crippen molar-refractivity contribution in [2.24, 2.45) is 11.8 Å². The van der Waals surface area contributed by atoms with E-state index < -0.39 is 60.4 Å². The highest BCUT2D eigenvalue weighted by molar-refractivity contribution is 5.87. The summed E-state index contributed by atoms with van der Waals surface area (Å²) < 4.78 is 20.0. The SMILES string of the molecule is COC(=O)N[C@H](C(=O)N[C@H](c1ncc(-c2ccc(-c3ccc(-c4cnc([C@@H](NC(=O)[C@@H](NC(=O)OC)[C@@H](C)OC)C(C)C)[nH]4)cc3)cc2)[nH]1)C(C)C)[C@@H](C)OC. The topological polar surface area (TPSA) is 211 Å². The van der Waals surface area contributed by atoms with Gasteiger partial charge >= 0.3 is 12.2 Å². The zero-order valence-electron chi connectivity index (χ0n) is 33.6. The fraction of sp³-hybridized carbons (Fsp3) is 0.450. The molecule has 0 saturated carbocycles. The molecule has 0 aliphatic rings. The van der Waals surface area contributed by atoms with E-state index in [1.165, 1.54) is 28.4 Å². The predicted molar refractivity (Wildman–Crippen MR) is 210 cm³/mol. The van der Waals surface area contributed by atoms with Crippen LogP contribution in [0.25, 0.3) is 33.6 Å². The van der Waals surface area contributed by atoms with Crippen LogP contribution >= 0.6 is 0 Å². The Morgan fingerprint density at radius 1 is 0.518 bits per heavy atom. The zero-order chi connectivity index (χ0) is 41.1. The Balaban J connectivity index is 1.45. The Labute approximate surface area is 327 Å². The van der Waals surface area contributed by atoms with Crippen molar-refractivity contribution < 1.29 is 38.1 Å². The highest BCUT2D eigenvalue weighted by atomic mass is 16.5. The molecule has 6 N–H and O–H groups in total. The molecular weight excluding hydrogens is 720 g/mol. The third-order valence-electron chi connectivity index (χ3n) is 9.60. The lowest BCUT2D eigenvalue weighted by molar-refractivity contribution is -0.128. The summed E-state index contributed by atoms with van der Waals surface area (Å²) in [6.07, 6.45) is 0.788. The number of nitrogens with zero attached hydrogens (tertiary/aromatic N) is 2. The summed E-state index contributed by atoms with van der Waals surface area (Å²) >= 11 is 0. The number of aromatic nitrogens is 4. The molecule has 0 radical (unpaired) electrons. The van der Waals surface area contributed by atoms with Crippen molar-refractivity contribution in [1.29, 1.82) is 0 Å². The standard InChI is InChI=1S/C40H54N8O8/c1-21(2)31(45-37(49)33(23(5)53-7)47-39(51)55-9)35-41-19-29(43-35)27-15-11-25(12-16-27)26-13-17-28(18-14-26)30-20-42-36(44-30)32(22(3)4)46-38(50)34(24(6)54-8)48-40(52)56-10/h11-24,31-34H,1-10H3,(H,41,43)(H,42,44)(H,45,49)(H,46,50)(H,47,51)(H,48,52)/t23-,24-,31+,32+,33+,34+/m1/s1. The molecule has 4 amide bonds. The lowest BCUT2D eigenvalue weighted by Gasteiger charge is -2.27. The van der Waals surface area contributed by atoms with Crippen molar-refractivity contribution in [2.75, 3.05) is 28.4 Å². The number of aromatic amines is 2. The molecule has 2 aromatic heterocycles. The first kappa shape index (κ1) is 43.0. The number of hydrogen-bond donors (Lipinski definition) is 6. The molecule has 4 rings (SSSR count). The summed E-state index contributed by atoms with van der Waals surface area (Å²) in [5.74, 6) is 0.261. The van der Waals surface area contributed by atoms with Gasteiger partial charge in [0.15, 0.2) is 0 Å². The Morgan fingerprint density at radius 3 is 1.12 bits per heavy atom. The van der Waals surface area contributed by atoms with Crippen molar-refractivity contribution in [3.05, 3.63) is 72.6 Å². The van der Waals surface area contributed by atoms with Crippen LogP contribution < -0.4 is 21.3 Å². The van der Waals surface area contributed by atoms with Crippen LogP contribution in [0.4, 0.5) is 9.59 Å². The molecule has 0 saturated heterocycles. The summed E-state index contributed by atoms with van der Waals surface area (Å²) in [5.41, 5.74) is 5.42. The van der Waals surface area contributed by atoms with Gasteiger partial charge in [0.05, 0.1) is 62.3 Å². The number of ether oxygens (including phenoxy) is 4. The first-order valence-electron chi connectivity index (χ1n) is 18.4. The number of amides is 4. The predicted octanol–water partition coefficient (Wildman–Crippen LogP) is 5.28. The minimum atomic E-state index is -0.971. The third kappa shape index (κ3) is 10.7. The van der Waals surface area contributed by atoms with Gasteiger partial charge in [-0.15, -0.1) is 0 Å². The number of carbonyl (C=O) groups is 4. The average Bonchev–Trinajstić information content (AvgIpc) is 3.90. The van der Waals surface area contributed by atoms with Crippen LogP contribution in [0, 0.1) is 11.8 Å². The minimum Gasteiger partial charge on any atom is -0.453 e. The van der Waals surface area contributed by atoms with Crippen molar-refractivity contribution in [2.45, 2.75) is 77.9 Å². The largest absolute Gasteiger partial charge is 0.453 e. The number of H-pyrrole nitrogens is 2. The van der Waals surface area contributed by atoms with E-state index in [4.69, 9.17) is 18.9 Å². The number of benzene rings is 2. The monoisotopic (exact) mass is 774 g/mol. The Bertz CT molecular complexity index is 1770. The zero-order valence-corrected chi connectivity index (χ0v) is 33.6. The molecule has 302 valence electrons. The van der Waals surface area contributed by atoms with E-state index in [-0.39, 0.29) is 11.8 Å². The quantitative estimate of drug-likeness (QED) is 0.0818. The fourth-order valence-corrected chi connectivity index (χ4v) is 5.99. The molecule has 2 aromatic carbocycles. The van der Waals surface area contributed by atoms with Crippen LogP contribution in [0.1, 0.15) is 65.3 Å². The Hall–Kier alpha value is -5.74. The Morgan fingerprint density at radius 2 is 0.839 bits per heavy atom. The van der Waals surface area contributed by atoms with Crippen LogP contribution in [0.5, 0.6) is 0 Å². The maximum absolute atomic E-state index is 13.3. The second-order valence-corrected chi connectivity index (χ2v) is 14.1. The number of hydrogen-bond acceptors (Lipinski definition) is 10. The van der Waals surface area contributed by atoms with Gasteiger partial charge in [-0.05, 0) is 47.9 Å². The van der Waals surface area contributed by atoms with E-state index >= 15 is 0 Å². The molecule has 0 aliphatic carbocycles. The van der Waals surface area contributed by atoms with E-state index in [0.717, 1.165) is 33.6 Å². The second kappa shape index (κ2) is 19.7. The summed E-state index contributed by atoms with van der Waals surface area (Å²) in [7, 11) is 5.39. The summed E-state index contributed by atoms with van der Waals surface area (Å²) in [6, 6.07) is 13.2. The van der Waals surface area contributed by atoms with Crippen molar-refractivity contribution in [3.8, 4) is 33.6 Å². The van der Waals surface area contributed by atoms with Gasteiger partial charge in [-0.3, -0.25) is 9.59 Å². The lowest BCUT2D eigenvalue weighted by atomic mass is 10.0. The maximum Gasteiger partial charge on any atom is 0.407 e.